The van der Waals surface area contributed by atoms with E-state index < -0.39 is 10.5 Å². The first-order valence-corrected chi connectivity index (χ1v) is 11.1. The fraction of sp³-hybridized carbons (Fsp3) is 0.522. The van der Waals surface area contributed by atoms with Crippen molar-refractivity contribution in [2.24, 2.45) is 0 Å². The standard InChI is InChI=1S/C23H29N5O5/c1-15-14-32-12-11-27(15)21-18-13-26(22(29)33-23(2,3)4)10-9-19(18)24-20(25-21)16-5-7-17(8-6-16)28(30)31/h5-8,15H,9-14H2,1-4H3/t15-/m0/s1. The molecule has 0 N–H and O–H groups in total. The Labute approximate surface area is 192 Å². The summed E-state index contributed by atoms with van der Waals surface area (Å²) >= 11 is 0. The summed E-state index contributed by atoms with van der Waals surface area (Å²) in [7, 11) is 0. The van der Waals surface area contributed by atoms with Gasteiger partial charge in [0.1, 0.15) is 11.4 Å². The molecule has 10 heteroatoms. The zero-order chi connectivity index (χ0) is 23.8. The van der Waals surface area contributed by atoms with E-state index >= 15 is 0 Å². The zero-order valence-electron chi connectivity index (χ0n) is 19.4. The van der Waals surface area contributed by atoms with Crippen LogP contribution in [-0.2, 0) is 22.4 Å². The molecule has 3 heterocycles. The van der Waals surface area contributed by atoms with Crippen molar-refractivity contribution in [3.05, 3.63) is 45.6 Å². The molecule has 0 spiro atoms. The predicted molar refractivity (Wildman–Crippen MR) is 122 cm³/mol. The second-order valence-electron chi connectivity index (χ2n) is 9.37. The largest absolute Gasteiger partial charge is 0.444 e. The lowest BCUT2D eigenvalue weighted by Gasteiger charge is -2.38. The van der Waals surface area contributed by atoms with E-state index in [1.54, 1.807) is 17.0 Å². The molecule has 1 amide bonds. The van der Waals surface area contributed by atoms with E-state index in [1.165, 1.54) is 12.1 Å². The molecule has 10 nitrogen and oxygen atoms in total. The smallest absolute Gasteiger partial charge is 0.410 e. The third kappa shape index (κ3) is 5.05. The van der Waals surface area contributed by atoms with Gasteiger partial charge in [0.2, 0.25) is 0 Å². The molecule has 1 atom stereocenters. The second kappa shape index (κ2) is 8.93. The number of nitrogens with zero attached hydrogens (tertiary/aromatic N) is 5. The van der Waals surface area contributed by atoms with Crippen LogP contribution in [0.15, 0.2) is 24.3 Å². The monoisotopic (exact) mass is 455 g/mol. The second-order valence-corrected chi connectivity index (χ2v) is 9.37. The number of rotatable bonds is 3. The van der Waals surface area contributed by atoms with Crippen molar-refractivity contribution in [3.63, 3.8) is 0 Å². The Bertz CT molecular complexity index is 1050. The summed E-state index contributed by atoms with van der Waals surface area (Å²) in [5.74, 6) is 1.29. The van der Waals surface area contributed by atoms with Crippen molar-refractivity contribution in [2.75, 3.05) is 31.2 Å². The molecule has 1 aromatic heterocycles. The zero-order valence-corrected chi connectivity index (χ0v) is 19.4. The Balaban J connectivity index is 1.72. The number of morpholine rings is 1. The Morgan fingerprint density at radius 2 is 1.94 bits per heavy atom. The predicted octanol–water partition coefficient (Wildman–Crippen LogP) is 3.57. The SMILES string of the molecule is C[C@H]1COCCN1c1nc(-c2ccc([N+](=O)[O-])cc2)nc2c1CN(C(=O)OC(C)(C)C)CC2. The minimum Gasteiger partial charge on any atom is -0.444 e. The van der Waals surface area contributed by atoms with E-state index in [1.807, 2.05) is 20.8 Å². The highest BCUT2D eigenvalue weighted by molar-refractivity contribution is 5.70. The highest BCUT2D eigenvalue weighted by Gasteiger charge is 2.32. The van der Waals surface area contributed by atoms with Gasteiger partial charge in [-0.25, -0.2) is 14.8 Å². The summed E-state index contributed by atoms with van der Waals surface area (Å²) in [6, 6.07) is 6.36. The maximum atomic E-state index is 12.7. The van der Waals surface area contributed by atoms with Gasteiger partial charge in [0.15, 0.2) is 5.82 Å². The van der Waals surface area contributed by atoms with Crippen LogP contribution in [0.5, 0.6) is 0 Å². The minimum absolute atomic E-state index is 0.0201. The highest BCUT2D eigenvalue weighted by Crippen LogP contribution is 2.32. The number of hydrogen-bond acceptors (Lipinski definition) is 8. The van der Waals surface area contributed by atoms with Gasteiger partial charge in [-0.3, -0.25) is 10.1 Å². The number of fused-ring (bicyclic) bond motifs is 1. The van der Waals surface area contributed by atoms with Crippen molar-refractivity contribution < 1.29 is 19.2 Å². The van der Waals surface area contributed by atoms with Crippen LogP contribution in [-0.4, -0.2) is 63.8 Å². The van der Waals surface area contributed by atoms with Crippen LogP contribution < -0.4 is 4.90 Å². The molecule has 176 valence electrons. The summed E-state index contributed by atoms with van der Waals surface area (Å²) in [5, 5.41) is 11.0. The molecule has 1 aromatic carbocycles. The van der Waals surface area contributed by atoms with E-state index in [0.717, 1.165) is 17.1 Å². The first-order chi connectivity index (χ1) is 15.6. The third-order valence-corrected chi connectivity index (χ3v) is 5.67. The molecule has 2 aliphatic heterocycles. The summed E-state index contributed by atoms with van der Waals surface area (Å²) < 4.78 is 11.2. The maximum Gasteiger partial charge on any atom is 0.410 e. The van der Waals surface area contributed by atoms with Crippen LogP contribution in [0.25, 0.3) is 11.4 Å². The minimum atomic E-state index is -0.574. The average molecular weight is 456 g/mol. The molecule has 0 bridgehead atoms. The molecule has 1 saturated heterocycles. The number of carbonyl (C=O) groups is 1. The van der Waals surface area contributed by atoms with Crippen LogP contribution in [0.4, 0.5) is 16.3 Å². The number of ether oxygens (including phenoxy) is 2. The van der Waals surface area contributed by atoms with E-state index in [2.05, 4.69) is 11.8 Å². The summed E-state index contributed by atoms with van der Waals surface area (Å²) in [6.45, 7) is 10.3. The lowest BCUT2D eigenvalue weighted by molar-refractivity contribution is -0.384. The molecule has 4 rings (SSSR count). The van der Waals surface area contributed by atoms with Gasteiger partial charge in [-0.2, -0.15) is 0 Å². The third-order valence-electron chi connectivity index (χ3n) is 5.67. The number of hydrogen-bond donors (Lipinski definition) is 0. The molecule has 2 aromatic rings. The molecular formula is C23H29N5O5. The number of amides is 1. The Kier molecular flexibility index (Phi) is 6.20. The van der Waals surface area contributed by atoms with Crippen molar-refractivity contribution in [2.45, 2.75) is 52.3 Å². The van der Waals surface area contributed by atoms with E-state index in [0.29, 0.717) is 50.7 Å². The van der Waals surface area contributed by atoms with E-state index in [-0.39, 0.29) is 17.8 Å². The van der Waals surface area contributed by atoms with Gasteiger partial charge in [0, 0.05) is 42.8 Å². The Morgan fingerprint density at radius 1 is 1.21 bits per heavy atom. The van der Waals surface area contributed by atoms with Crippen LogP contribution in [0.1, 0.15) is 39.0 Å². The van der Waals surface area contributed by atoms with E-state index in [4.69, 9.17) is 19.4 Å². The molecule has 0 unspecified atom stereocenters. The van der Waals surface area contributed by atoms with Crippen LogP contribution in [0.3, 0.4) is 0 Å². The van der Waals surface area contributed by atoms with Crippen molar-refractivity contribution >= 4 is 17.6 Å². The van der Waals surface area contributed by atoms with Gasteiger partial charge < -0.3 is 19.3 Å². The van der Waals surface area contributed by atoms with Crippen LogP contribution in [0.2, 0.25) is 0 Å². The van der Waals surface area contributed by atoms with Crippen molar-refractivity contribution in [1.82, 2.24) is 14.9 Å². The number of anilines is 1. The first-order valence-electron chi connectivity index (χ1n) is 11.1. The van der Waals surface area contributed by atoms with Gasteiger partial charge in [0.05, 0.1) is 36.4 Å². The van der Waals surface area contributed by atoms with Gasteiger partial charge in [-0.1, -0.05) is 0 Å². The quantitative estimate of drug-likeness (QED) is 0.510. The fourth-order valence-electron chi connectivity index (χ4n) is 4.02. The normalized spacial score (nSPS) is 18.6. The topological polar surface area (TPSA) is 111 Å². The molecule has 0 radical (unpaired) electrons. The van der Waals surface area contributed by atoms with Crippen LogP contribution >= 0.6 is 0 Å². The lowest BCUT2D eigenvalue weighted by Crippen LogP contribution is -2.46. The summed E-state index contributed by atoms with van der Waals surface area (Å²) in [6.07, 6.45) is 0.219. The summed E-state index contributed by atoms with van der Waals surface area (Å²) in [4.78, 5) is 36.9. The van der Waals surface area contributed by atoms with Gasteiger partial charge in [-0.05, 0) is 39.8 Å². The molecule has 0 aliphatic carbocycles. The first kappa shape index (κ1) is 22.9. The number of benzene rings is 1. The Morgan fingerprint density at radius 3 is 2.58 bits per heavy atom. The lowest BCUT2D eigenvalue weighted by atomic mass is 10.0. The molecular weight excluding hydrogens is 426 g/mol. The van der Waals surface area contributed by atoms with Crippen molar-refractivity contribution in [1.29, 1.82) is 0 Å². The number of nitro benzene ring substituents is 1. The number of carbonyl (C=O) groups excluding carboxylic acids is 1. The maximum absolute atomic E-state index is 12.7. The van der Waals surface area contributed by atoms with Gasteiger partial charge >= 0.3 is 6.09 Å². The van der Waals surface area contributed by atoms with Crippen LogP contribution in [0, 0.1) is 10.1 Å². The molecule has 2 aliphatic rings. The number of nitro groups is 1. The molecule has 33 heavy (non-hydrogen) atoms. The Hall–Kier alpha value is -3.27. The number of aromatic nitrogens is 2. The average Bonchev–Trinajstić information content (AvgIpc) is 2.77. The molecule has 1 fully saturated rings. The number of non-ortho nitro benzene ring substituents is 1. The highest BCUT2D eigenvalue weighted by atomic mass is 16.6. The fourth-order valence-corrected chi connectivity index (χ4v) is 4.02. The van der Waals surface area contributed by atoms with Gasteiger partial charge in [-0.15, -0.1) is 0 Å². The van der Waals surface area contributed by atoms with Crippen molar-refractivity contribution in [3.8, 4) is 11.4 Å². The van der Waals surface area contributed by atoms with E-state index in [9.17, 15) is 14.9 Å². The summed E-state index contributed by atoms with van der Waals surface area (Å²) in [5.41, 5.74) is 1.94. The molecule has 0 saturated carbocycles. The van der Waals surface area contributed by atoms with Gasteiger partial charge in [0.25, 0.3) is 5.69 Å².